The van der Waals surface area contributed by atoms with Crippen LogP contribution < -0.4 is 9.80 Å². The Hall–Kier alpha value is -9.70. The molecule has 382 valence electrons. The topological polar surface area (TPSA) is 19.6 Å². The van der Waals surface area contributed by atoms with Crippen molar-refractivity contribution in [1.82, 2.24) is 0 Å². The van der Waals surface area contributed by atoms with Crippen LogP contribution in [0, 0.1) is 13.8 Å². The highest BCUT2D eigenvalue weighted by Crippen LogP contribution is 2.68. The van der Waals surface area contributed by atoms with E-state index in [1.807, 2.05) is 0 Å². The van der Waals surface area contributed by atoms with Crippen LogP contribution in [0.15, 0.2) is 265 Å². The van der Waals surface area contributed by atoms with E-state index in [1.54, 1.807) is 0 Å². The van der Waals surface area contributed by atoms with E-state index in [-0.39, 0.29) is 5.41 Å². The minimum Gasteiger partial charge on any atom is -0.456 e. The highest BCUT2D eigenvalue weighted by Gasteiger charge is 2.54. The quantitative estimate of drug-likeness (QED) is 0.151. The molecular formula is C77H58N2O. The van der Waals surface area contributed by atoms with Crippen molar-refractivity contribution in [2.45, 2.75) is 45.4 Å². The number of benzene rings is 12. The number of fused-ring (bicyclic) bond motifs is 15. The van der Waals surface area contributed by atoms with Gasteiger partial charge < -0.3 is 14.2 Å². The van der Waals surface area contributed by atoms with Gasteiger partial charge in [-0.25, -0.2) is 0 Å². The Morgan fingerprint density at radius 2 is 0.887 bits per heavy atom. The van der Waals surface area contributed by atoms with Crippen molar-refractivity contribution in [3.05, 3.63) is 300 Å². The molecule has 3 heteroatoms. The Bertz CT molecular complexity index is 4540. The van der Waals surface area contributed by atoms with Gasteiger partial charge in [-0.3, -0.25) is 0 Å². The third-order valence-electron chi connectivity index (χ3n) is 17.3. The number of furan rings is 1. The number of para-hydroxylation sites is 2. The predicted octanol–water partition coefficient (Wildman–Crippen LogP) is 21.3. The molecule has 2 aliphatic carbocycles. The summed E-state index contributed by atoms with van der Waals surface area (Å²) in [6.45, 7) is 11.3. The summed E-state index contributed by atoms with van der Waals surface area (Å²) >= 11 is 0. The smallest absolute Gasteiger partial charge is 0.138 e. The maximum Gasteiger partial charge on any atom is 0.138 e. The zero-order valence-electron chi connectivity index (χ0n) is 45.6. The molecule has 0 atom stereocenters. The second kappa shape index (κ2) is 18.2. The first-order valence-corrected chi connectivity index (χ1v) is 28.0. The summed E-state index contributed by atoms with van der Waals surface area (Å²) in [6.07, 6.45) is 0. The molecule has 2 aliphatic rings. The van der Waals surface area contributed by atoms with Gasteiger partial charge >= 0.3 is 0 Å². The summed E-state index contributed by atoms with van der Waals surface area (Å²) < 4.78 is 7.14. The summed E-state index contributed by atoms with van der Waals surface area (Å²) in [7, 11) is 0. The molecule has 1 heterocycles. The number of hydrogen-bond donors (Lipinski definition) is 0. The number of rotatable bonds is 8. The fourth-order valence-electron chi connectivity index (χ4n) is 13.5. The van der Waals surface area contributed by atoms with Gasteiger partial charge in [-0.1, -0.05) is 203 Å². The molecule has 3 nitrogen and oxygen atoms in total. The molecule has 0 saturated heterocycles. The van der Waals surface area contributed by atoms with Crippen molar-refractivity contribution in [3.8, 4) is 44.5 Å². The Morgan fingerprint density at radius 3 is 1.50 bits per heavy atom. The molecule has 0 unspecified atom stereocenters. The van der Waals surface area contributed by atoms with Gasteiger partial charge in [0.05, 0.1) is 16.8 Å². The van der Waals surface area contributed by atoms with E-state index in [0.717, 1.165) is 61.4 Å². The monoisotopic (exact) mass is 1030 g/mol. The number of nitrogens with zero attached hydrogens (tertiary/aromatic N) is 2. The molecule has 0 N–H and O–H groups in total. The maximum atomic E-state index is 7.14. The van der Waals surface area contributed by atoms with Gasteiger partial charge in [0.25, 0.3) is 0 Å². The lowest BCUT2D eigenvalue weighted by molar-refractivity contribution is 0.590. The van der Waals surface area contributed by atoms with Crippen LogP contribution in [0.1, 0.15) is 59.7 Å². The van der Waals surface area contributed by atoms with Crippen LogP contribution in [0.3, 0.4) is 0 Å². The number of anilines is 6. The first-order valence-electron chi connectivity index (χ1n) is 28.0. The summed E-state index contributed by atoms with van der Waals surface area (Å²) in [4.78, 5) is 4.99. The van der Waals surface area contributed by atoms with E-state index in [2.05, 4.69) is 305 Å². The Balaban J connectivity index is 1.08. The van der Waals surface area contributed by atoms with Gasteiger partial charge in [0.2, 0.25) is 0 Å². The SMILES string of the molecule is Cc1ccc(N(c2ccccc2)c2cc3oc4ccccc4c3c3c2C2(c4ccccc4-c4ccccc42)c2cc4c(N(c5ccc(C(C)(C)C)cc5)c5ccc(C)c(-c6ccccc6)c5)cccc4cc2-3)cc1-c1ccccc1. The minimum atomic E-state index is -0.773. The van der Waals surface area contributed by atoms with Crippen molar-refractivity contribution in [2.75, 3.05) is 9.80 Å². The van der Waals surface area contributed by atoms with Crippen molar-refractivity contribution < 1.29 is 4.42 Å². The summed E-state index contributed by atoms with van der Waals surface area (Å²) in [6, 6.07) is 97.0. The van der Waals surface area contributed by atoms with Crippen LogP contribution in [0.5, 0.6) is 0 Å². The van der Waals surface area contributed by atoms with Gasteiger partial charge in [0.15, 0.2) is 0 Å². The Morgan fingerprint density at radius 1 is 0.362 bits per heavy atom. The molecule has 0 fully saturated rings. The first-order chi connectivity index (χ1) is 39.1. The molecule has 0 saturated carbocycles. The molecule has 0 bridgehead atoms. The summed E-state index contributed by atoms with van der Waals surface area (Å²) in [5.74, 6) is 0. The minimum absolute atomic E-state index is 0.00476. The lowest BCUT2D eigenvalue weighted by Gasteiger charge is -2.36. The molecule has 13 aromatic rings. The van der Waals surface area contributed by atoms with Gasteiger partial charge in [-0.05, 0) is 170 Å². The van der Waals surface area contributed by atoms with Crippen LogP contribution >= 0.6 is 0 Å². The van der Waals surface area contributed by atoms with E-state index in [1.165, 1.54) is 88.8 Å². The third kappa shape index (κ3) is 7.20. The molecule has 12 aromatic carbocycles. The molecule has 0 aliphatic heterocycles. The van der Waals surface area contributed by atoms with Crippen LogP contribution in [0.4, 0.5) is 34.1 Å². The van der Waals surface area contributed by atoms with Crippen molar-refractivity contribution >= 4 is 66.8 Å². The average molecular weight is 1030 g/mol. The zero-order valence-corrected chi connectivity index (χ0v) is 45.6. The molecule has 1 spiro atoms. The predicted molar refractivity (Wildman–Crippen MR) is 336 cm³/mol. The van der Waals surface area contributed by atoms with Gasteiger partial charge in [0, 0.05) is 56.1 Å². The normalized spacial score (nSPS) is 12.9. The molecule has 0 amide bonds. The maximum absolute atomic E-state index is 7.14. The number of hydrogen-bond acceptors (Lipinski definition) is 3. The van der Waals surface area contributed by atoms with E-state index in [0.29, 0.717) is 0 Å². The van der Waals surface area contributed by atoms with Crippen molar-refractivity contribution in [2.24, 2.45) is 0 Å². The van der Waals surface area contributed by atoms with E-state index >= 15 is 0 Å². The van der Waals surface area contributed by atoms with Gasteiger partial charge in [0.1, 0.15) is 11.2 Å². The van der Waals surface area contributed by atoms with Gasteiger partial charge in [-0.2, -0.15) is 0 Å². The number of aryl methyl sites for hydroxylation is 2. The second-order valence-corrected chi connectivity index (χ2v) is 22.9. The average Bonchev–Trinajstić information content (AvgIpc) is 4.02. The molecule has 80 heavy (non-hydrogen) atoms. The van der Waals surface area contributed by atoms with E-state index in [9.17, 15) is 0 Å². The highest BCUT2D eigenvalue weighted by molar-refractivity contribution is 6.20. The fourth-order valence-corrected chi connectivity index (χ4v) is 13.5. The Kier molecular flexibility index (Phi) is 10.8. The van der Waals surface area contributed by atoms with E-state index in [4.69, 9.17) is 4.42 Å². The summed E-state index contributed by atoms with van der Waals surface area (Å²) in [5, 5.41) is 4.56. The molecule has 15 rings (SSSR count). The standard InChI is InChI=1S/C77H58N2O/c1-49-36-40-57(45-62(49)51-22-9-6-10-23-51)78(56-42-38-54(39-43-56)76(3,4)5)69-34-21-26-53-44-65-68(47-64(53)69)77(66-32-18-15-29-59(66)60-30-16-19-33-67(60)77)75-70(48-72-73(74(65)75)61-31-17-20-35-71(61)80-72)79(55-27-13-8-14-28-55)58-41-37-50(2)63(46-58)52-24-11-7-12-25-52/h6-48H,1-5H3. The van der Waals surface area contributed by atoms with Crippen molar-refractivity contribution in [3.63, 3.8) is 0 Å². The zero-order chi connectivity index (χ0) is 53.9. The van der Waals surface area contributed by atoms with E-state index < -0.39 is 5.41 Å². The van der Waals surface area contributed by atoms with Crippen molar-refractivity contribution in [1.29, 1.82) is 0 Å². The van der Waals surface area contributed by atoms with Gasteiger partial charge in [-0.15, -0.1) is 0 Å². The summed E-state index contributed by atoms with van der Waals surface area (Å²) in [5.41, 5.74) is 25.9. The Labute approximate surface area is 468 Å². The highest BCUT2D eigenvalue weighted by atomic mass is 16.3. The lowest BCUT2D eigenvalue weighted by Crippen LogP contribution is -2.28. The van der Waals surface area contributed by atoms with Crippen LogP contribution in [0.25, 0.3) is 77.2 Å². The molecular weight excluding hydrogens is 969 g/mol. The fraction of sp³-hybridized carbons (Fsp3) is 0.0909. The largest absolute Gasteiger partial charge is 0.456 e. The first kappa shape index (κ1) is 47.5. The lowest BCUT2D eigenvalue weighted by atomic mass is 9.69. The third-order valence-corrected chi connectivity index (χ3v) is 17.3. The van der Waals surface area contributed by atoms with Crippen LogP contribution in [-0.4, -0.2) is 0 Å². The second-order valence-electron chi connectivity index (χ2n) is 22.9. The molecule has 1 aromatic heterocycles. The van der Waals surface area contributed by atoms with Crippen LogP contribution in [-0.2, 0) is 10.8 Å². The van der Waals surface area contributed by atoms with Crippen LogP contribution in [0.2, 0.25) is 0 Å². The molecule has 0 radical (unpaired) electrons.